The molecule has 1 aromatic carbocycles. The minimum atomic E-state index is -3.51. The zero-order valence-electron chi connectivity index (χ0n) is 23.5. The molecular weight excluding hydrogens is 544 g/mol. The molecule has 2 aromatic heterocycles. The van der Waals surface area contributed by atoms with Crippen molar-refractivity contribution in [2.24, 2.45) is 0 Å². The van der Waals surface area contributed by atoms with Gasteiger partial charge in [-0.3, -0.25) is 4.79 Å². The van der Waals surface area contributed by atoms with E-state index < -0.39 is 10.0 Å². The van der Waals surface area contributed by atoms with Crippen molar-refractivity contribution in [3.63, 3.8) is 0 Å². The number of hydrogen-bond acceptors (Lipinski definition) is 7. The summed E-state index contributed by atoms with van der Waals surface area (Å²) in [4.78, 5) is 15.6. The minimum Gasteiger partial charge on any atom is -0.486 e. The summed E-state index contributed by atoms with van der Waals surface area (Å²) in [6.07, 6.45) is 14.0. The van der Waals surface area contributed by atoms with E-state index in [1.807, 2.05) is 35.2 Å². The number of rotatable bonds is 16. The molecule has 0 atom stereocenters. The van der Waals surface area contributed by atoms with Gasteiger partial charge in [0, 0.05) is 26.2 Å². The Morgan fingerprint density at radius 3 is 2.12 bits per heavy atom. The molecule has 0 bridgehead atoms. The lowest BCUT2D eigenvalue weighted by Gasteiger charge is -2.35. The van der Waals surface area contributed by atoms with Crippen LogP contribution in [-0.2, 0) is 10.0 Å². The van der Waals surface area contributed by atoms with Crippen LogP contribution in [0.5, 0.6) is 5.75 Å². The number of para-hydroxylation sites is 1. The summed E-state index contributed by atoms with van der Waals surface area (Å²) in [5.41, 5.74) is 0.997. The Hall–Kier alpha value is -2.69. The van der Waals surface area contributed by atoms with E-state index in [9.17, 15) is 13.2 Å². The summed E-state index contributed by atoms with van der Waals surface area (Å²) >= 11 is 1.23. The number of hydrogen-bond donors (Lipinski definition) is 0. The molecule has 218 valence electrons. The maximum absolute atomic E-state index is 13.6. The fourth-order valence-electron chi connectivity index (χ4n) is 5.01. The van der Waals surface area contributed by atoms with Crippen LogP contribution in [0.2, 0.25) is 0 Å². The van der Waals surface area contributed by atoms with Crippen molar-refractivity contribution in [1.29, 1.82) is 0 Å². The zero-order valence-corrected chi connectivity index (χ0v) is 25.2. The predicted molar refractivity (Wildman–Crippen MR) is 162 cm³/mol. The van der Waals surface area contributed by atoms with Crippen molar-refractivity contribution in [2.45, 2.75) is 75.3 Å². The molecule has 40 heavy (non-hydrogen) atoms. The number of nitrogens with zero attached hydrogens (tertiary/aromatic N) is 4. The zero-order chi connectivity index (χ0) is 28.2. The monoisotopic (exact) mass is 586 g/mol. The van der Waals surface area contributed by atoms with E-state index >= 15 is 0 Å². The molecule has 3 heterocycles. The maximum atomic E-state index is 13.6. The number of ether oxygens (including phenoxy) is 1. The number of unbranched alkanes of at least 4 members (excludes halogenated alkanes) is 9. The largest absolute Gasteiger partial charge is 0.486 e. The molecule has 1 aliphatic rings. The highest BCUT2D eigenvalue weighted by Crippen LogP contribution is 2.28. The van der Waals surface area contributed by atoms with Gasteiger partial charge in [-0.25, -0.2) is 8.42 Å². The van der Waals surface area contributed by atoms with Crippen LogP contribution in [0.15, 0.2) is 63.0 Å². The average Bonchev–Trinajstić information content (AvgIpc) is 3.53. The van der Waals surface area contributed by atoms with E-state index in [1.54, 1.807) is 23.7 Å². The number of benzene rings is 1. The van der Waals surface area contributed by atoms with Crippen LogP contribution >= 0.6 is 11.3 Å². The molecule has 0 unspecified atom stereocenters. The molecule has 0 radical (unpaired) electrons. The van der Waals surface area contributed by atoms with E-state index in [0.29, 0.717) is 48.4 Å². The highest BCUT2D eigenvalue weighted by Gasteiger charge is 2.31. The summed E-state index contributed by atoms with van der Waals surface area (Å²) in [6, 6.07) is 12.7. The second-order valence-corrected chi connectivity index (χ2v) is 13.4. The van der Waals surface area contributed by atoms with Crippen molar-refractivity contribution in [3.05, 3.63) is 64.4 Å². The number of aromatic nitrogens is 2. The van der Waals surface area contributed by atoms with Crippen molar-refractivity contribution >= 4 is 27.0 Å². The smallest absolute Gasteiger partial charge is 0.316 e. The molecule has 0 amide bonds. The molecule has 0 aliphatic carbocycles. The van der Waals surface area contributed by atoms with E-state index in [-0.39, 0.29) is 11.3 Å². The van der Waals surface area contributed by atoms with E-state index in [1.165, 1.54) is 71.7 Å². The van der Waals surface area contributed by atoms with Crippen LogP contribution < -0.4 is 15.2 Å². The van der Waals surface area contributed by atoms with Crippen molar-refractivity contribution in [1.82, 2.24) is 14.1 Å². The molecule has 0 saturated carbocycles. The van der Waals surface area contributed by atoms with Gasteiger partial charge in [-0.2, -0.15) is 14.1 Å². The molecule has 0 spiro atoms. The first-order valence-corrected chi connectivity index (χ1v) is 16.9. The fraction of sp³-hybridized carbons (Fsp3) is 0.533. The number of sulfonamides is 1. The van der Waals surface area contributed by atoms with Crippen LogP contribution in [0.4, 0.5) is 5.69 Å². The number of thiophene rings is 1. The molecule has 10 heteroatoms. The summed E-state index contributed by atoms with van der Waals surface area (Å²) in [7, 11) is -3.51. The fourth-order valence-corrected chi connectivity index (χ4v) is 7.58. The highest BCUT2D eigenvalue weighted by atomic mass is 32.2. The lowest BCUT2D eigenvalue weighted by atomic mass is 10.1. The Morgan fingerprint density at radius 1 is 0.850 bits per heavy atom. The standard InChI is InChI=1S/C30H42N4O4S2/c1-2-3-4-5-6-7-8-9-10-14-23-38-29-27(25-31-34(30(29)35)26-16-12-11-13-17-26)32-19-21-33(22-20-32)40(36,37)28-18-15-24-39-28/h11-13,15-18,24-25H,2-10,14,19-23H2,1H3. The van der Waals surface area contributed by atoms with E-state index in [4.69, 9.17) is 4.74 Å². The molecule has 1 aliphatic heterocycles. The average molecular weight is 587 g/mol. The summed E-state index contributed by atoms with van der Waals surface area (Å²) in [5.74, 6) is 0.282. The summed E-state index contributed by atoms with van der Waals surface area (Å²) < 4.78 is 35.3. The summed E-state index contributed by atoms with van der Waals surface area (Å²) in [5, 5.41) is 6.22. The molecule has 8 nitrogen and oxygen atoms in total. The van der Waals surface area contributed by atoms with Gasteiger partial charge in [0.25, 0.3) is 10.0 Å². The van der Waals surface area contributed by atoms with Gasteiger partial charge >= 0.3 is 5.56 Å². The Balaban J connectivity index is 1.38. The second-order valence-electron chi connectivity index (χ2n) is 10.3. The normalized spacial score (nSPS) is 14.5. The first kappa shape index (κ1) is 30.3. The topological polar surface area (TPSA) is 84.7 Å². The number of anilines is 1. The van der Waals surface area contributed by atoms with Gasteiger partial charge in [-0.15, -0.1) is 11.3 Å². The van der Waals surface area contributed by atoms with E-state index in [2.05, 4.69) is 12.0 Å². The van der Waals surface area contributed by atoms with Crippen molar-refractivity contribution in [3.8, 4) is 11.4 Å². The molecule has 3 aromatic rings. The Morgan fingerprint density at radius 2 is 1.50 bits per heavy atom. The Kier molecular flexibility index (Phi) is 11.6. The minimum absolute atomic E-state index is 0.282. The van der Waals surface area contributed by atoms with Crippen LogP contribution in [0.25, 0.3) is 5.69 Å². The Bertz CT molecular complexity index is 1320. The number of piperazine rings is 1. The molecule has 4 rings (SSSR count). The van der Waals surface area contributed by atoms with Crippen molar-refractivity contribution < 1.29 is 13.2 Å². The maximum Gasteiger partial charge on any atom is 0.316 e. The summed E-state index contributed by atoms with van der Waals surface area (Å²) in [6.45, 7) is 4.28. The van der Waals surface area contributed by atoms with Gasteiger partial charge in [-0.1, -0.05) is 89.0 Å². The third kappa shape index (κ3) is 7.95. The van der Waals surface area contributed by atoms with Gasteiger partial charge in [0.05, 0.1) is 18.5 Å². The van der Waals surface area contributed by atoms with Crippen LogP contribution in [-0.4, -0.2) is 55.3 Å². The predicted octanol–water partition coefficient (Wildman–Crippen LogP) is 6.10. The van der Waals surface area contributed by atoms with Crippen LogP contribution in [0.3, 0.4) is 0 Å². The van der Waals surface area contributed by atoms with Gasteiger partial charge in [0.15, 0.2) is 0 Å². The third-order valence-electron chi connectivity index (χ3n) is 7.33. The van der Waals surface area contributed by atoms with Gasteiger partial charge < -0.3 is 9.64 Å². The van der Waals surface area contributed by atoms with E-state index in [0.717, 1.165) is 12.8 Å². The SMILES string of the molecule is CCCCCCCCCCCCOc1c(N2CCN(S(=O)(=O)c3cccs3)CC2)cnn(-c2ccccc2)c1=O. The third-order valence-corrected chi connectivity index (χ3v) is 10.6. The van der Waals surface area contributed by atoms with Crippen LogP contribution in [0.1, 0.15) is 71.1 Å². The Labute approximate surface area is 242 Å². The van der Waals surface area contributed by atoms with Gasteiger partial charge in [-0.05, 0) is 30.0 Å². The quantitative estimate of drug-likeness (QED) is 0.189. The van der Waals surface area contributed by atoms with Crippen molar-refractivity contribution in [2.75, 3.05) is 37.7 Å². The second kappa shape index (κ2) is 15.3. The first-order chi connectivity index (χ1) is 19.5. The first-order valence-electron chi connectivity index (χ1n) is 14.6. The lowest BCUT2D eigenvalue weighted by Crippen LogP contribution is -2.49. The highest BCUT2D eigenvalue weighted by molar-refractivity contribution is 7.91. The molecule has 0 N–H and O–H groups in total. The van der Waals surface area contributed by atoms with Crippen LogP contribution in [0, 0.1) is 0 Å². The lowest BCUT2D eigenvalue weighted by molar-refractivity contribution is 0.296. The molecular formula is C30H42N4O4S2. The van der Waals surface area contributed by atoms with Gasteiger partial charge in [0.2, 0.25) is 5.75 Å². The molecule has 1 saturated heterocycles. The van der Waals surface area contributed by atoms with Gasteiger partial charge in [0.1, 0.15) is 9.90 Å². The molecule has 1 fully saturated rings.